The monoisotopic (exact) mass is 776 g/mol. The molecular weight excluding hydrogens is 709 g/mol. The molecule has 0 heterocycles. The van der Waals surface area contributed by atoms with Gasteiger partial charge in [0.2, 0.25) is 11.4 Å². The lowest BCUT2D eigenvalue weighted by Crippen LogP contribution is -2.36. The van der Waals surface area contributed by atoms with Crippen molar-refractivity contribution >= 4 is 34.1 Å². The van der Waals surface area contributed by atoms with Gasteiger partial charge in [-0.15, -0.1) is 0 Å². The number of carbonyl (C=O) groups excluding carboxylic acids is 1. The first-order valence-corrected chi connectivity index (χ1v) is 23.6. The van der Waals surface area contributed by atoms with Crippen molar-refractivity contribution in [2.24, 2.45) is 23.7 Å². The first-order valence-electron chi connectivity index (χ1n) is 23.6. The normalized spacial score (nSPS) is 23.9. The minimum Gasteiger partial charge on any atom is -0.511 e. The fraction of sp³-hybridized carbons (Fsp3) is 0.519. The summed E-state index contributed by atoms with van der Waals surface area (Å²) in [6, 6.07) is 27.3. The van der Waals surface area contributed by atoms with E-state index in [1.807, 2.05) is 0 Å². The van der Waals surface area contributed by atoms with Crippen LogP contribution in [0.5, 0.6) is 0 Å². The molecule has 3 aromatic rings. The Labute approximate surface area is 348 Å². The lowest BCUT2D eigenvalue weighted by molar-refractivity contribution is -0.449. The molecule has 1 N–H and O–H groups in total. The number of aliphatic hydroxyl groups excluding tert-OH is 1. The third-order valence-electron chi connectivity index (χ3n) is 15.1. The molecule has 0 aliphatic heterocycles. The van der Waals surface area contributed by atoms with Crippen LogP contribution in [-0.4, -0.2) is 34.3 Å². The van der Waals surface area contributed by atoms with Crippen LogP contribution in [0.1, 0.15) is 157 Å². The largest absolute Gasteiger partial charge is 0.511 e. The number of nitrogens with zero attached hydrogens (tertiary/aromatic N) is 2. The van der Waals surface area contributed by atoms with Gasteiger partial charge in [0.05, 0.1) is 11.5 Å². The van der Waals surface area contributed by atoms with Crippen LogP contribution in [0.3, 0.4) is 0 Å². The highest BCUT2D eigenvalue weighted by Gasteiger charge is 2.44. The molecule has 4 nitrogen and oxygen atoms in total. The van der Waals surface area contributed by atoms with Gasteiger partial charge in [-0.3, -0.25) is 4.79 Å². The van der Waals surface area contributed by atoms with Crippen molar-refractivity contribution in [3.8, 4) is 0 Å². The van der Waals surface area contributed by atoms with Gasteiger partial charge >= 0.3 is 0 Å². The molecule has 6 aliphatic rings. The average molecular weight is 776 g/mol. The number of anilines is 2. The number of hydrogen-bond acceptors (Lipinski definition) is 3. The molecule has 0 bridgehead atoms. The van der Waals surface area contributed by atoms with Crippen molar-refractivity contribution in [1.82, 2.24) is 0 Å². The number of allylic oxidation sites excluding steroid dienone is 6. The number of benzene rings is 3. The highest BCUT2D eigenvalue weighted by atomic mass is 16.3. The zero-order valence-electron chi connectivity index (χ0n) is 35.0. The first kappa shape index (κ1) is 39.3. The molecule has 0 amide bonds. The maximum Gasteiger partial charge on any atom is 0.205 e. The van der Waals surface area contributed by atoms with E-state index in [1.165, 1.54) is 157 Å². The highest BCUT2D eigenvalue weighted by Crippen LogP contribution is 2.44. The van der Waals surface area contributed by atoms with Crippen molar-refractivity contribution in [3.63, 3.8) is 0 Å². The topological polar surface area (TPSA) is 43.6 Å². The zero-order chi connectivity index (χ0) is 39.3. The quantitative estimate of drug-likeness (QED) is 0.197. The second-order valence-electron chi connectivity index (χ2n) is 19.0. The minimum atomic E-state index is -0.518. The molecule has 0 spiro atoms. The SMILES string of the molecule is O=C1C(c2ccc(N(CC3CCCCC3)c3ccc(C4CCCCC4)cc3)cc2)=C(O)C1C1C=CC(=[N+](CC2CCCCC2)c2ccc(C3CCCCC3)cc2)C=C1. The summed E-state index contributed by atoms with van der Waals surface area (Å²) in [4.78, 5) is 16.4. The smallest absolute Gasteiger partial charge is 0.205 e. The molecule has 4 fully saturated rings. The number of carbonyl (C=O) groups is 1. The Morgan fingerprint density at radius 3 is 1.53 bits per heavy atom. The second-order valence-corrected chi connectivity index (χ2v) is 19.0. The van der Waals surface area contributed by atoms with Crippen LogP contribution in [0.2, 0.25) is 0 Å². The lowest BCUT2D eigenvalue weighted by atomic mass is 9.71. The Morgan fingerprint density at radius 2 is 1.02 bits per heavy atom. The van der Waals surface area contributed by atoms with Crippen LogP contribution >= 0.6 is 0 Å². The highest BCUT2D eigenvalue weighted by molar-refractivity contribution is 6.30. The van der Waals surface area contributed by atoms with Gasteiger partial charge in [0, 0.05) is 54.0 Å². The van der Waals surface area contributed by atoms with E-state index in [4.69, 9.17) is 0 Å². The molecule has 1 unspecified atom stereocenters. The van der Waals surface area contributed by atoms with E-state index in [0.717, 1.165) is 24.3 Å². The summed E-state index contributed by atoms with van der Waals surface area (Å²) in [6.07, 6.45) is 35.4. The van der Waals surface area contributed by atoms with Crippen LogP contribution in [0.25, 0.3) is 5.57 Å². The van der Waals surface area contributed by atoms with E-state index in [-0.39, 0.29) is 17.5 Å². The molecule has 4 saturated carbocycles. The predicted molar refractivity (Wildman–Crippen MR) is 241 cm³/mol. The van der Waals surface area contributed by atoms with Gasteiger partial charge in [0.15, 0.2) is 12.3 Å². The molecule has 1 atom stereocenters. The third-order valence-corrected chi connectivity index (χ3v) is 15.1. The van der Waals surface area contributed by atoms with E-state index in [9.17, 15) is 9.90 Å². The molecule has 9 rings (SSSR count). The maximum atomic E-state index is 13.9. The Hall–Kier alpha value is -4.18. The van der Waals surface area contributed by atoms with Crippen molar-refractivity contribution < 1.29 is 14.5 Å². The van der Waals surface area contributed by atoms with Crippen molar-refractivity contribution in [2.75, 3.05) is 18.0 Å². The van der Waals surface area contributed by atoms with Gasteiger partial charge in [-0.1, -0.05) is 126 Å². The Bertz CT molecular complexity index is 1960. The van der Waals surface area contributed by atoms with E-state index in [2.05, 4.69) is 107 Å². The van der Waals surface area contributed by atoms with Crippen LogP contribution in [0, 0.1) is 23.7 Å². The Balaban J connectivity index is 0.917. The number of hydrogen-bond donors (Lipinski definition) is 1. The van der Waals surface area contributed by atoms with Crippen LogP contribution < -0.4 is 4.90 Å². The number of rotatable bonds is 11. The van der Waals surface area contributed by atoms with Crippen LogP contribution in [-0.2, 0) is 4.79 Å². The van der Waals surface area contributed by atoms with Crippen molar-refractivity contribution in [3.05, 3.63) is 120 Å². The summed E-state index contributed by atoms with van der Waals surface area (Å²) in [5, 5.41) is 11.5. The maximum absolute atomic E-state index is 13.9. The molecule has 0 aromatic heterocycles. The minimum absolute atomic E-state index is 0.0442. The van der Waals surface area contributed by atoms with Gasteiger partial charge < -0.3 is 10.0 Å². The zero-order valence-corrected chi connectivity index (χ0v) is 35.0. The molecule has 3 aromatic carbocycles. The van der Waals surface area contributed by atoms with Crippen molar-refractivity contribution in [1.29, 1.82) is 0 Å². The summed E-state index contributed by atoms with van der Waals surface area (Å²) in [7, 11) is 0. The van der Waals surface area contributed by atoms with Gasteiger partial charge in [-0.25, -0.2) is 0 Å². The van der Waals surface area contributed by atoms with Gasteiger partial charge in [0.25, 0.3) is 0 Å². The summed E-state index contributed by atoms with van der Waals surface area (Å²) >= 11 is 0. The summed E-state index contributed by atoms with van der Waals surface area (Å²) in [5.74, 6) is 2.40. The second kappa shape index (κ2) is 18.4. The molecule has 6 aliphatic carbocycles. The van der Waals surface area contributed by atoms with E-state index in [1.54, 1.807) is 0 Å². The number of aliphatic hydroxyl groups is 1. The third kappa shape index (κ3) is 8.73. The molecular formula is C54H67N2O2+. The number of ketones is 1. The van der Waals surface area contributed by atoms with Gasteiger partial charge in [0.1, 0.15) is 5.76 Å². The Morgan fingerprint density at radius 1 is 0.552 bits per heavy atom. The molecule has 0 radical (unpaired) electrons. The standard InChI is InChI=1S/C54H66N2O2/c57-53-51(45-25-33-49(34-26-45)55(37-39-13-5-1-6-14-39)47-29-21-43(22-30-47)41-17-9-3-10-18-41)54(58)52(53)46-27-35-50(36-28-46)56(38-40-15-7-2-8-16-40)48-31-23-44(24-32-48)42-19-11-4-12-20-42/h21-36,39-42,45,51H,1-20,37-38H2/p+1. The first-order chi connectivity index (χ1) is 28.6. The molecule has 4 heteroatoms. The fourth-order valence-corrected chi connectivity index (χ4v) is 11.6. The number of Topliss-reactive ketones (excluding diaryl/α,β-unsaturated/α-hetero) is 1. The summed E-state index contributed by atoms with van der Waals surface area (Å²) in [5.41, 5.74) is 9.14. The van der Waals surface area contributed by atoms with E-state index >= 15 is 0 Å². The fourth-order valence-electron chi connectivity index (χ4n) is 11.6. The summed E-state index contributed by atoms with van der Waals surface area (Å²) < 4.78 is 2.51. The molecule has 0 saturated heterocycles. The predicted octanol–water partition coefficient (Wildman–Crippen LogP) is 14.1. The van der Waals surface area contributed by atoms with Gasteiger partial charge in [-0.2, -0.15) is 4.58 Å². The van der Waals surface area contributed by atoms with E-state index in [0.29, 0.717) is 29.2 Å². The Kier molecular flexibility index (Phi) is 12.5. The van der Waals surface area contributed by atoms with Gasteiger partial charge in [-0.05, 0) is 110 Å². The lowest BCUT2D eigenvalue weighted by Gasteiger charge is -2.33. The van der Waals surface area contributed by atoms with E-state index < -0.39 is 5.92 Å². The average Bonchev–Trinajstić information content (AvgIpc) is 3.30. The van der Waals surface area contributed by atoms with Crippen molar-refractivity contribution in [2.45, 2.75) is 140 Å². The molecule has 58 heavy (non-hydrogen) atoms. The molecule has 304 valence electrons. The summed E-state index contributed by atoms with van der Waals surface area (Å²) in [6.45, 7) is 2.04. The van der Waals surface area contributed by atoms with Crippen LogP contribution in [0.15, 0.2) is 103 Å². The van der Waals surface area contributed by atoms with Crippen LogP contribution in [0.4, 0.5) is 17.1 Å².